The Kier molecular flexibility index (Phi) is 3.84. The molecule has 7 nitrogen and oxygen atoms in total. The maximum absolute atomic E-state index is 12.6. The molecule has 0 spiro atoms. The van der Waals surface area contributed by atoms with Crippen molar-refractivity contribution >= 4 is 23.5 Å². The summed E-state index contributed by atoms with van der Waals surface area (Å²) in [6.07, 6.45) is 5.76. The Bertz CT molecular complexity index is 891. The molecule has 1 saturated carbocycles. The summed E-state index contributed by atoms with van der Waals surface area (Å²) in [6, 6.07) is 3.64. The summed E-state index contributed by atoms with van der Waals surface area (Å²) in [7, 11) is 0. The van der Waals surface area contributed by atoms with E-state index in [2.05, 4.69) is 15.4 Å². The second kappa shape index (κ2) is 6.01. The van der Waals surface area contributed by atoms with E-state index in [1.807, 2.05) is 0 Å². The third-order valence-corrected chi connectivity index (χ3v) is 5.94. The van der Waals surface area contributed by atoms with E-state index < -0.39 is 5.25 Å². The quantitative estimate of drug-likeness (QED) is 0.771. The Morgan fingerprint density at radius 1 is 1.12 bits per heavy atom. The van der Waals surface area contributed by atoms with E-state index in [0.29, 0.717) is 16.9 Å². The first-order valence-corrected chi connectivity index (χ1v) is 9.13. The predicted molar refractivity (Wildman–Crippen MR) is 92.6 cm³/mol. The van der Waals surface area contributed by atoms with Crippen molar-refractivity contribution in [2.24, 2.45) is 0 Å². The van der Waals surface area contributed by atoms with Crippen molar-refractivity contribution in [1.82, 2.24) is 14.8 Å². The lowest BCUT2D eigenvalue weighted by molar-refractivity contribution is -0.113. The summed E-state index contributed by atoms with van der Waals surface area (Å²) in [5.41, 5.74) is 0.493. The number of fused-ring (bicyclic) bond motifs is 1. The van der Waals surface area contributed by atoms with Gasteiger partial charge in [-0.15, -0.1) is 11.8 Å². The van der Waals surface area contributed by atoms with Gasteiger partial charge in [-0.05, 0) is 18.9 Å². The molecular formula is C16H18N4O3S. The number of rotatable bonds is 2. The zero-order valence-corrected chi connectivity index (χ0v) is 13.8. The van der Waals surface area contributed by atoms with Crippen molar-refractivity contribution in [3.05, 3.63) is 50.2 Å². The number of anilines is 1. The number of thioether (sulfide) groups is 1. The molecule has 2 aromatic rings. The molecule has 1 unspecified atom stereocenters. The highest BCUT2D eigenvalue weighted by Crippen LogP contribution is 2.40. The molecule has 8 heteroatoms. The SMILES string of the molecule is O=C1CSC(c2ccc[nH]c2=O)c2c(n(C3CCCC3)[nH]c2=O)N1. The average Bonchev–Trinajstić information content (AvgIpc) is 3.15. The maximum atomic E-state index is 12.6. The van der Waals surface area contributed by atoms with Gasteiger partial charge in [-0.1, -0.05) is 18.9 Å². The summed E-state index contributed by atoms with van der Waals surface area (Å²) in [4.78, 5) is 39.6. The lowest BCUT2D eigenvalue weighted by Gasteiger charge is -2.16. The first-order chi connectivity index (χ1) is 11.6. The van der Waals surface area contributed by atoms with E-state index >= 15 is 0 Å². The standard InChI is InChI=1S/C16H18N4O3S/c21-11-8-24-13(10-6-3-7-17-15(10)22)12-14(18-11)20(19-16(12)23)9-4-1-2-5-9/h3,6-7,9,13H,1-2,4-5,8H2,(H,17,22)(H,18,21)(H,19,23). The Labute approximate surface area is 141 Å². The fourth-order valence-electron chi connectivity index (χ4n) is 3.57. The normalized spacial score (nSPS) is 21.3. The van der Waals surface area contributed by atoms with E-state index in [4.69, 9.17) is 0 Å². The molecule has 3 heterocycles. The average molecular weight is 346 g/mol. The van der Waals surface area contributed by atoms with Gasteiger partial charge in [-0.25, -0.2) is 0 Å². The first kappa shape index (κ1) is 15.3. The van der Waals surface area contributed by atoms with E-state index in [-0.39, 0.29) is 28.8 Å². The van der Waals surface area contributed by atoms with Crippen molar-refractivity contribution in [1.29, 1.82) is 0 Å². The van der Waals surface area contributed by atoms with Crippen LogP contribution in [0, 0.1) is 0 Å². The van der Waals surface area contributed by atoms with Crippen LogP contribution in [-0.4, -0.2) is 26.4 Å². The summed E-state index contributed by atoms with van der Waals surface area (Å²) in [5.74, 6) is 0.578. The third-order valence-electron chi connectivity index (χ3n) is 4.68. The number of nitrogens with one attached hydrogen (secondary N) is 3. The molecule has 1 aliphatic carbocycles. The molecule has 24 heavy (non-hydrogen) atoms. The van der Waals surface area contributed by atoms with Crippen LogP contribution in [0.5, 0.6) is 0 Å². The highest BCUT2D eigenvalue weighted by atomic mass is 32.2. The second-order valence-corrected chi connectivity index (χ2v) is 7.30. The second-order valence-electron chi connectivity index (χ2n) is 6.21. The van der Waals surface area contributed by atoms with E-state index in [1.54, 1.807) is 23.0 Å². The Morgan fingerprint density at radius 3 is 2.67 bits per heavy atom. The number of aromatic nitrogens is 3. The Hall–Kier alpha value is -2.22. The predicted octanol–water partition coefficient (Wildman–Crippen LogP) is 1.75. The first-order valence-electron chi connectivity index (χ1n) is 8.08. The van der Waals surface area contributed by atoms with Crippen LogP contribution in [0.3, 0.4) is 0 Å². The highest BCUT2D eigenvalue weighted by molar-refractivity contribution is 8.00. The molecule has 4 rings (SSSR count). The number of pyridine rings is 1. The van der Waals surface area contributed by atoms with Crippen LogP contribution in [-0.2, 0) is 4.79 Å². The number of H-pyrrole nitrogens is 2. The van der Waals surface area contributed by atoms with Gasteiger partial charge < -0.3 is 10.3 Å². The Morgan fingerprint density at radius 2 is 1.92 bits per heavy atom. The molecule has 2 aliphatic rings. The van der Waals surface area contributed by atoms with Crippen LogP contribution in [0.2, 0.25) is 0 Å². The summed E-state index contributed by atoms with van der Waals surface area (Å²) in [5, 5.41) is 5.29. The van der Waals surface area contributed by atoms with Gasteiger partial charge in [0, 0.05) is 11.8 Å². The number of amides is 1. The van der Waals surface area contributed by atoms with Gasteiger partial charge in [0.15, 0.2) is 0 Å². The van der Waals surface area contributed by atoms with Crippen molar-refractivity contribution < 1.29 is 4.79 Å². The van der Waals surface area contributed by atoms with Gasteiger partial charge in [-0.3, -0.25) is 24.2 Å². The number of carbonyl (C=O) groups excluding carboxylic acids is 1. The smallest absolute Gasteiger partial charge is 0.270 e. The van der Waals surface area contributed by atoms with Crippen LogP contribution in [0.25, 0.3) is 0 Å². The molecule has 1 atom stereocenters. The van der Waals surface area contributed by atoms with Crippen LogP contribution < -0.4 is 16.4 Å². The molecule has 1 fully saturated rings. The summed E-state index contributed by atoms with van der Waals surface area (Å²) < 4.78 is 1.80. The van der Waals surface area contributed by atoms with Crippen molar-refractivity contribution in [2.75, 3.05) is 11.1 Å². The van der Waals surface area contributed by atoms with E-state index in [1.165, 1.54) is 11.8 Å². The van der Waals surface area contributed by atoms with E-state index in [0.717, 1.165) is 25.7 Å². The monoisotopic (exact) mass is 346 g/mol. The number of carbonyl (C=O) groups is 1. The van der Waals surface area contributed by atoms with Crippen LogP contribution in [0.15, 0.2) is 27.9 Å². The molecular weight excluding hydrogens is 328 g/mol. The van der Waals surface area contributed by atoms with Gasteiger partial charge in [-0.2, -0.15) is 0 Å². The molecule has 0 aromatic carbocycles. The fraction of sp³-hybridized carbons (Fsp3) is 0.438. The molecule has 1 amide bonds. The lowest BCUT2D eigenvalue weighted by atomic mass is 10.1. The maximum Gasteiger partial charge on any atom is 0.270 e. The minimum absolute atomic E-state index is 0.151. The minimum Gasteiger partial charge on any atom is -0.329 e. The molecule has 0 bridgehead atoms. The van der Waals surface area contributed by atoms with Crippen molar-refractivity contribution in [3.63, 3.8) is 0 Å². The molecule has 2 aromatic heterocycles. The minimum atomic E-state index is -0.463. The highest BCUT2D eigenvalue weighted by Gasteiger charge is 2.33. The largest absolute Gasteiger partial charge is 0.329 e. The Balaban J connectivity index is 1.89. The molecule has 0 radical (unpaired) electrons. The van der Waals surface area contributed by atoms with Crippen LogP contribution in [0.1, 0.15) is 48.1 Å². The zero-order valence-electron chi connectivity index (χ0n) is 13.0. The van der Waals surface area contributed by atoms with Crippen molar-refractivity contribution in [2.45, 2.75) is 37.0 Å². The van der Waals surface area contributed by atoms with Gasteiger partial charge >= 0.3 is 0 Å². The van der Waals surface area contributed by atoms with Gasteiger partial charge in [0.2, 0.25) is 5.91 Å². The molecule has 0 saturated heterocycles. The molecule has 1 aliphatic heterocycles. The number of hydrogen-bond donors (Lipinski definition) is 3. The summed E-state index contributed by atoms with van der Waals surface area (Å²) in [6.45, 7) is 0. The molecule has 3 N–H and O–H groups in total. The van der Waals surface area contributed by atoms with Gasteiger partial charge in [0.1, 0.15) is 5.82 Å². The number of nitrogens with zero attached hydrogens (tertiary/aromatic N) is 1. The van der Waals surface area contributed by atoms with Crippen LogP contribution in [0.4, 0.5) is 5.82 Å². The van der Waals surface area contributed by atoms with Gasteiger partial charge in [0.25, 0.3) is 11.1 Å². The molecule has 126 valence electrons. The fourth-order valence-corrected chi connectivity index (χ4v) is 4.71. The third kappa shape index (κ3) is 2.50. The van der Waals surface area contributed by atoms with Gasteiger partial charge in [0.05, 0.1) is 22.6 Å². The lowest BCUT2D eigenvalue weighted by Crippen LogP contribution is -2.19. The van der Waals surface area contributed by atoms with Crippen molar-refractivity contribution in [3.8, 4) is 0 Å². The number of aromatic amines is 2. The topological polar surface area (TPSA) is 99.8 Å². The number of hydrogen-bond acceptors (Lipinski definition) is 4. The zero-order chi connectivity index (χ0) is 16.7. The summed E-state index contributed by atoms with van der Waals surface area (Å²) >= 11 is 1.31. The van der Waals surface area contributed by atoms with Crippen LogP contribution >= 0.6 is 11.8 Å². The van der Waals surface area contributed by atoms with E-state index in [9.17, 15) is 14.4 Å².